The number of rotatable bonds is 9. The fraction of sp³-hybridized carbons (Fsp3) is 0.667. The van der Waals surface area contributed by atoms with Gasteiger partial charge < -0.3 is 19.5 Å². The highest BCUT2D eigenvalue weighted by atomic mass is 16.5. The zero-order chi connectivity index (χ0) is 18.4. The Hall–Kier alpha value is -1.66. The van der Waals surface area contributed by atoms with Crippen molar-refractivity contribution >= 4 is 11.7 Å². The Kier molecular flexibility index (Phi) is 7.63. The number of methoxy groups -OCH3 is 1. The summed E-state index contributed by atoms with van der Waals surface area (Å²) in [7, 11) is 3.54. The van der Waals surface area contributed by atoms with Crippen LogP contribution in [0.3, 0.4) is 0 Å². The van der Waals surface area contributed by atoms with E-state index in [1.807, 2.05) is 40.8 Å². The molecular weight excluding hydrogens is 306 g/mol. The molecule has 1 amide bonds. The van der Waals surface area contributed by atoms with E-state index >= 15 is 0 Å². The molecule has 2 N–H and O–H groups in total. The van der Waals surface area contributed by atoms with Crippen LogP contribution in [0.25, 0.3) is 0 Å². The second kappa shape index (κ2) is 8.99. The molecule has 1 unspecified atom stereocenters. The molecule has 0 fully saturated rings. The molecule has 1 aromatic rings. The Bertz CT molecular complexity index is 578. The molecule has 1 heterocycles. The smallest absolute Gasteiger partial charge is 0.275 e. The number of likely N-dealkylation sites (N-methyl/N-ethyl adjacent to an activating group) is 1. The lowest BCUT2D eigenvalue weighted by molar-refractivity contribution is -0.862. The monoisotopic (exact) mass is 338 g/mol. The molecule has 0 aliphatic rings. The Balaban J connectivity index is 2.78. The molecule has 6 heteroatoms. The minimum atomic E-state index is -0.0329. The van der Waals surface area contributed by atoms with Crippen molar-refractivity contribution in [3.05, 3.63) is 23.0 Å². The van der Waals surface area contributed by atoms with Gasteiger partial charge in [0, 0.05) is 30.1 Å². The van der Waals surface area contributed by atoms with Crippen LogP contribution in [0, 0.1) is 13.8 Å². The van der Waals surface area contributed by atoms with E-state index in [2.05, 4.69) is 16.8 Å². The van der Waals surface area contributed by atoms with Crippen LogP contribution in [0.2, 0.25) is 0 Å². The van der Waals surface area contributed by atoms with Gasteiger partial charge in [-0.05, 0) is 40.7 Å². The summed E-state index contributed by atoms with van der Waals surface area (Å²) in [4.78, 5) is 25.3. The van der Waals surface area contributed by atoms with Crippen molar-refractivity contribution in [2.75, 3.05) is 33.9 Å². The summed E-state index contributed by atoms with van der Waals surface area (Å²) >= 11 is 0. The van der Waals surface area contributed by atoms with Crippen molar-refractivity contribution in [3.8, 4) is 0 Å². The van der Waals surface area contributed by atoms with Gasteiger partial charge in [0.15, 0.2) is 6.54 Å². The normalized spacial score (nSPS) is 13.8. The van der Waals surface area contributed by atoms with Crippen LogP contribution >= 0.6 is 0 Å². The van der Waals surface area contributed by atoms with E-state index in [0.29, 0.717) is 19.7 Å². The molecule has 0 aliphatic heterocycles. The van der Waals surface area contributed by atoms with Gasteiger partial charge in [-0.1, -0.05) is 0 Å². The maximum Gasteiger partial charge on any atom is 0.275 e. The summed E-state index contributed by atoms with van der Waals surface area (Å²) < 4.78 is 7.36. The van der Waals surface area contributed by atoms with E-state index in [9.17, 15) is 9.59 Å². The molecule has 0 bridgehead atoms. The highest BCUT2D eigenvalue weighted by molar-refractivity contribution is 5.98. The molecule has 24 heavy (non-hydrogen) atoms. The third kappa shape index (κ3) is 5.46. The highest BCUT2D eigenvalue weighted by Crippen LogP contribution is 2.20. The summed E-state index contributed by atoms with van der Waals surface area (Å²) in [6, 6.07) is 2.23. The van der Waals surface area contributed by atoms with Gasteiger partial charge in [0.25, 0.3) is 5.91 Å². The first-order valence-corrected chi connectivity index (χ1v) is 8.48. The van der Waals surface area contributed by atoms with E-state index in [-0.39, 0.29) is 23.8 Å². The van der Waals surface area contributed by atoms with Crippen LogP contribution in [0.4, 0.5) is 0 Å². The van der Waals surface area contributed by atoms with Crippen LogP contribution in [0.15, 0.2) is 6.07 Å². The van der Waals surface area contributed by atoms with Crippen molar-refractivity contribution in [3.63, 3.8) is 0 Å². The number of carbonyl (C=O) groups excluding carboxylic acids is 2. The molecule has 0 aromatic carbocycles. The van der Waals surface area contributed by atoms with Crippen LogP contribution in [-0.2, 0) is 9.53 Å². The van der Waals surface area contributed by atoms with Crippen molar-refractivity contribution < 1.29 is 19.2 Å². The van der Waals surface area contributed by atoms with Crippen molar-refractivity contribution in [1.29, 1.82) is 0 Å². The number of ketones is 1. The van der Waals surface area contributed by atoms with Gasteiger partial charge in [-0.15, -0.1) is 0 Å². The van der Waals surface area contributed by atoms with E-state index in [1.54, 1.807) is 7.11 Å². The number of nitrogens with one attached hydrogen (secondary N) is 2. The molecule has 2 atom stereocenters. The lowest BCUT2D eigenvalue weighted by Crippen LogP contribution is -3.11. The van der Waals surface area contributed by atoms with E-state index in [4.69, 9.17) is 4.74 Å². The number of carbonyl (C=O) groups is 2. The molecule has 1 aromatic heterocycles. The minimum absolute atomic E-state index is 0.0329. The van der Waals surface area contributed by atoms with Crippen LogP contribution < -0.4 is 10.2 Å². The number of amides is 1. The number of ether oxygens (including phenoxy) is 1. The van der Waals surface area contributed by atoms with Gasteiger partial charge in [0.05, 0.1) is 19.7 Å². The predicted octanol–water partition coefficient (Wildman–Crippen LogP) is 0.534. The maximum absolute atomic E-state index is 12.6. The molecule has 0 aliphatic carbocycles. The van der Waals surface area contributed by atoms with Crippen molar-refractivity contribution in [1.82, 2.24) is 9.88 Å². The third-order valence-corrected chi connectivity index (χ3v) is 4.01. The maximum atomic E-state index is 12.6. The van der Waals surface area contributed by atoms with Crippen molar-refractivity contribution in [2.45, 2.75) is 46.7 Å². The first-order chi connectivity index (χ1) is 11.2. The summed E-state index contributed by atoms with van der Waals surface area (Å²) in [5, 5.41) is 2.85. The fourth-order valence-electron chi connectivity index (χ4n) is 3.13. The first-order valence-electron chi connectivity index (χ1n) is 8.48. The van der Waals surface area contributed by atoms with Crippen molar-refractivity contribution in [2.24, 2.45) is 0 Å². The lowest BCUT2D eigenvalue weighted by Gasteiger charge is -2.18. The van der Waals surface area contributed by atoms with E-state index < -0.39 is 0 Å². The minimum Gasteiger partial charge on any atom is -0.383 e. The average molecular weight is 338 g/mol. The van der Waals surface area contributed by atoms with Gasteiger partial charge in [-0.3, -0.25) is 9.59 Å². The van der Waals surface area contributed by atoms with Gasteiger partial charge in [0.1, 0.15) is 6.54 Å². The Labute approximate surface area is 145 Å². The topological polar surface area (TPSA) is 64.8 Å². The number of Topliss-reactive ketones (excluding diaryl/α,β-unsaturated/α-hetero) is 1. The zero-order valence-corrected chi connectivity index (χ0v) is 16.0. The van der Waals surface area contributed by atoms with Gasteiger partial charge in [0.2, 0.25) is 5.78 Å². The second-order valence-corrected chi connectivity index (χ2v) is 6.92. The van der Waals surface area contributed by atoms with Crippen LogP contribution in [0.1, 0.15) is 48.6 Å². The summed E-state index contributed by atoms with van der Waals surface area (Å²) in [5.41, 5.74) is 2.75. The lowest BCUT2D eigenvalue weighted by atomic mass is 10.1. The quantitative estimate of drug-likeness (QED) is 0.646. The van der Waals surface area contributed by atoms with Gasteiger partial charge >= 0.3 is 0 Å². The zero-order valence-electron chi connectivity index (χ0n) is 16.0. The Morgan fingerprint density at radius 2 is 1.88 bits per heavy atom. The molecular formula is C18H32N3O3+. The number of aromatic nitrogens is 1. The van der Waals surface area contributed by atoms with Crippen LogP contribution in [-0.4, -0.2) is 56.2 Å². The molecule has 136 valence electrons. The average Bonchev–Trinajstić information content (AvgIpc) is 2.72. The van der Waals surface area contributed by atoms with E-state index in [0.717, 1.165) is 21.9 Å². The third-order valence-electron chi connectivity index (χ3n) is 4.01. The number of nitrogens with zero attached hydrogens (tertiary/aromatic N) is 1. The number of aryl methyl sites for hydroxylation is 1. The second-order valence-electron chi connectivity index (χ2n) is 6.92. The number of hydrogen-bond acceptors (Lipinski definition) is 3. The van der Waals surface area contributed by atoms with Gasteiger partial charge in [-0.25, -0.2) is 0 Å². The Morgan fingerprint density at radius 3 is 2.42 bits per heavy atom. The molecule has 0 spiro atoms. The largest absolute Gasteiger partial charge is 0.383 e. The SMILES string of the molecule is COC[C@H](C)n1c(C)cc(C(=O)C[NH+](C)CC(=O)NC(C)C)c1C. The molecule has 0 saturated carbocycles. The molecule has 1 rings (SSSR count). The standard InChI is InChI=1S/C18H31N3O3/c1-12(2)19-18(23)10-20(6)9-17(22)16-8-13(3)21(15(16)5)14(4)11-24-7/h8,12,14H,9-11H2,1-7H3,(H,19,23)/p+1/t14-/m0/s1. The summed E-state index contributed by atoms with van der Waals surface area (Å²) in [6.07, 6.45) is 0. The van der Waals surface area contributed by atoms with E-state index in [1.165, 1.54) is 0 Å². The Morgan fingerprint density at radius 1 is 1.25 bits per heavy atom. The fourth-order valence-corrected chi connectivity index (χ4v) is 3.13. The van der Waals surface area contributed by atoms with Gasteiger partial charge in [-0.2, -0.15) is 0 Å². The number of quaternary nitrogens is 1. The number of hydrogen-bond donors (Lipinski definition) is 2. The predicted molar refractivity (Wildman–Crippen MR) is 94.7 cm³/mol. The highest BCUT2D eigenvalue weighted by Gasteiger charge is 2.22. The van der Waals surface area contributed by atoms with Crippen LogP contribution in [0.5, 0.6) is 0 Å². The summed E-state index contributed by atoms with van der Waals surface area (Å²) in [5.74, 6) is 0.0308. The molecule has 6 nitrogen and oxygen atoms in total. The molecule has 0 saturated heterocycles. The summed E-state index contributed by atoms with van der Waals surface area (Å²) in [6.45, 7) is 11.1. The first kappa shape index (κ1) is 20.4. The molecule has 0 radical (unpaired) electrons.